The quantitative estimate of drug-likeness (QED) is 0.888. The Morgan fingerprint density at radius 1 is 1.52 bits per heavy atom. The average Bonchev–Trinajstić information content (AvgIpc) is 3.04. The van der Waals surface area contributed by atoms with Crippen LogP contribution in [0, 0.1) is 25.2 Å². The molecule has 1 N–H and O–H groups in total. The molecule has 0 fully saturated rings. The number of nitrogens with one attached hydrogen (secondary N) is 1. The molecule has 0 saturated carbocycles. The highest BCUT2D eigenvalue weighted by molar-refractivity contribution is 7.13. The zero-order valence-corrected chi connectivity index (χ0v) is 12.9. The first-order valence-electron chi connectivity index (χ1n) is 6.71. The number of hydrogen-bond donors (Lipinski definition) is 1. The van der Waals surface area contributed by atoms with Crippen LogP contribution in [0.15, 0.2) is 11.6 Å². The van der Waals surface area contributed by atoms with E-state index < -0.39 is 0 Å². The Balaban J connectivity index is 1.95. The lowest BCUT2D eigenvalue weighted by Gasteiger charge is -2.04. The maximum Gasteiger partial charge on any atom is 0.226 e. The van der Waals surface area contributed by atoms with Crippen LogP contribution in [-0.4, -0.2) is 20.7 Å². The fourth-order valence-corrected chi connectivity index (χ4v) is 2.72. The Bertz CT molecular complexity index is 654. The fraction of sp³-hybridized carbons (Fsp3) is 0.429. The number of carbonyl (C=O) groups is 1. The second kappa shape index (κ2) is 6.99. The number of carbonyl (C=O) groups excluding carboxylic acids is 1. The molecule has 0 radical (unpaired) electrons. The van der Waals surface area contributed by atoms with Crippen molar-refractivity contribution in [3.8, 4) is 6.07 Å². The second-order valence-corrected chi connectivity index (χ2v) is 5.56. The molecule has 0 aliphatic heterocycles. The summed E-state index contributed by atoms with van der Waals surface area (Å²) >= 11 is 1.40. The molecule has 0 bridgehead atoms. The molecule has 7 heteroatoms. The molecule has 6 nitrogen and oxygen atoms in total. The summed E-state index contributed by atoms with van der Waals surface area (Å²) in [4.78, 5) is 15.9. The summed E-state index contributed by atoms with van der Waals surface area (Å²) in [6, 6.07) is 2.12. The largest absolute Gasteiger partial charge is 0.302 e. The van der Waals surface area contributed by atoms with Gasteiger partial charge in [0.25, 0.3) is 0 Å². The van der Waals surface area contributed by atoms with Gasteiger partial charge in [-0.1, -0.05) is 0 Å². The van der Waals surface area contributed by atoms with Crippen LogP contribution >= 0.6 is 11.3 Å². The van der Waals surface area contributed by atoms with Gasteiger partial charge in [-0.2, -0.15) is 10.4 Å². The van der Waals surface area contributed by atoms with E-state index in [0.717, 1.165) is 17.0 Å². The lowest BCUT2D eigenvalue weighted by atomic mass is 10.1. The Morgan fingerprint density at radius 3 is 3.00 bits per heavy atom. The number of hydrogen-bond acceptors (Lipinski definition) is 5. The molecule has 0 spiro atoms. The standard InChI is InChI=1S/C14H17N5OS/c1-10-12(11(2)19(18-10)8-3-6-15)4-5-13(20)17-14-16-7-9-21-14/h7,9H,3-5,8H2,1-2H3,(H,16,17,20). The highest BCUT2D eigenvalue weighted by atomic mass is 32.1. The van der Waals surface area contributed by atoms with Gasteiger partial charge < -0.3 is 5.32 Å². The number of aromatic nitrogens is 3. The molecule has 0 saturated heterocycles. The molecule has 110 valence electrons. The summed E-state index contributed by atoms with van der Waals surface area (Å²) in [6.07, 6.45) is 3.13. The smallest absolute Gasteiger partial charge is 0.226 e. The van der Waals surface area contributed by atoms with E-state index in [1.807, 2.05) is 23.9 Å². The lowest BCUT2D eigenvalue weighted by molar-refractivity contribution is -0.116. The topological polar surface area (TPSA) is 83.6 Å². The molecule has 2 rings (SSSR count). The fourth-order valence-electron chi connectivity index (χ4n) is 2.17. The number of nitrogens with zero attached hydrogens (tertiary/aromatic N) is 4. The van der Waals surface area contributed by atoms with Gasteiger partial charge >= 0.3 is 0 Å². The molecule has 2 heterocycles. The third-order valence-corrected chi connectivity index (χ3v) is 3.94. The molecular formula is C14H17N5OS. The number of amides is 1. The first kappa shape index (κ1) is 15.2. The Kier molecular flexibility index (Phi) is 5.06. The van der Waals surface area contributed by atoms with E-state index in [1.54, 1.807) is 6.20 Å². The van der Waals surface area contributed by atoms with Crippen LogP contribution in [0.2, 0.25) is 0 Å². The first-order chi connectivity index (χ1) is 10.1. The summed E-state index contributed by atoms with van der Waals surface area (Å²) in [5, 5.41) is 18.3. The summed E-state index contributed by atoms with van der Waals surface area (Å²) in [6.45, 7) is 4.50. The monoisotopic (exact) mass is 303 g/mol. The van der Waals surface area contributed by atoms with Gasteiger partial charge in [-0.05, 0) is 25.8 Å². The highest BCUT2D eigenvalue weighted by Gasteiger charge is 2.13. The van der Waals surface area contributed by atoms with Crippen molar-refractivity contribution < 1.29 is 4.79 Å². The van der Waals surface area contributed by atoms with Gasteiger partial charge in [-0.25, -0.2) is 4.98 Å². The zero-order valence-electron chi connectivity index (χ0n) is 12.1. The third kappa shape index (κ3) is 3.89. The van der Waals surface area contributed by atoms with Crippen molar-refractivity contribution in [2.24, 2.45) is 0 Å². The molecule has 0 aromatic carbocycles. The number of aryl methyl sites for hydroxylation is 2. The van der Waals surface area contributed by atoms with E-state index in [2.05, 4.69) is 21.5 Å². The van der Waals surface area contributed by atoms with E-state index in [0.29, 0.717) is 30.9 Å². The van der Waals surface area contributed by atoms with Gasteiger partial charge in [-0.15, -0.1) is 11.3 Å². The van der Waals surface area contributed by atoms with E-state index >= 15 is 0 Å². The predicted molar refractivity (Wildman–Crippen MR) is 81.0 cm³/mol. The number of nitriles is 1. The van der Waals surface area contributed by atoms with Crippen LogP contribution < -0.4 is 5.32 Å². The molecule has 2 aromatic heterocycles. The zero-order chi connectivity index (χ0) is 15.2. The summed E-state index contributed by atoms with van der Waals surface area (Å²) < 4.78 is 1.84. The molecule has 0 unspecified atom stereocenters. The van der Waals surface area contributed by atoms with E-state index in [-0.39, 0.29) is 5.91 Å². The highest BCUT2D eigenvalue weighted by Crippen LogP contribution is 2.16. The Labute approximate surface area is 127 Å². The maximum absolute atomic E-state index is 11.9. The number of anilines is 1. The van der Waals surface area contributed by atoms with Crippen LogP contribution in [-0.2, 0) is 17.8 Å². The van der Waals surface area contributed by atoms with Gasteiger partial charge in [0.15, 0.2) is 5.13 Å². The van der Waals surface area contributed by atoms with Crippen molar-refractivity contribution in [2.75, 3.05) is 5.32 Å². The van der Waals surface area contributed by atoms with E-state index in [4.69, 9.17) is 5.26 Å². The SMILES string of the molecule is Cc1nn(CCC#N)c(C)c1CCC(=O)Nc1nccs1. The van der Waals surface area contributed by atoms with Crippen LogP contribution in [0.5, 0.6) is 0 Å². The number of rotatable bonds is 6. The van der Waals surface area contributed by atoms with Gasteiger partial charge in [0.05, 0.1) is 24.7 Å². The minimum Gasteiger partial charge on any atom is -0.302 e. The van der Waals surface area contributed by atoms with Gasteiger partial charge in [0.1, 0.15) is 0 Å². The molecule has 21 heavy (non-hydrogen) atoms. The molecular weight excluding hydrogens is 286 g/mol. The third-order valence-electron chi connectivity index (χ3n) is 3.25. The molecule has 0 atom stereocenters. The van der Waals surface area contributed by atoms with E-state index in [9.17, 15) is 4.79 Å². The summed E-state index contributed by atoms with van der Waals surface area (Å²) in [7, 11) is 0. The van der Waals surface area contributed by atoms with Gasteiger partial charge in [0.2, 0.25) is 5.91 Å². The molecule has 1 amide bonds. The molecule has 0 aliphatic rings. The lowest BCUT2D eigenvalue weighted by Crippen LogP contribution is -2.12. The van der Waals surface area contributed by atoms with Gasteiger partial charge in [0, 0.05) is 23.7 Å². The minimum atomic E-state index is -0.0477. The van der Waals surface area contributed by atoms with E-state index in [1.165, 1.54) is 11.3 Å². The van der Waals surface area contributed by atoms with Crippen molar-refractivity contribution in [1.29, 1.82) is 5.26 Å². The van der Waals surface area contributed by atoms with Crippen molar-refractivity contribution >= 4 is 22.4 Å². The van der Waals surface area contributed by atoms with Crippen LogP contribution in [0.4, 0.5) is 5.13 Å². The van der Waals surface area contributed by atoms with Crippen molar-refractivity contribution in [2.45, 2.75) is 39.7 Å². The second-order valence-electron chi connectivity index (χ2n) is 4.67. The summed E-state index contributed by atoms with van der Waals surface area (Å²) in [5.41, 5.74) is 3.04. The Morgan fingerprint density at radius 2 is 2.33 bits per heavy atom. The normalized spacial score (nSPS) is 10.3. The van der Waals surface area contributed by atoms with Crippen LogP contribution in [0.25, 0.3) is 0 Å². The van der Waals surface area contributed by atoms with Crippen molar-refractivity contribution in [3.63, 3.8) is 0 Å². The maximum atomic E-state index is 11.9. The van der Waals surface area contributed by atoms with Gasteiger partial charge in [-0.3, -0.25) is 9.48 Å². The number of thiazole rings is 1. The molecule has 2 aromatic rings. The van der Waals surface area contributed by atoms with Crippen molar-refractivity contribution in [3.05, 3.63) is 28.5 Å². The van der Waals surface area contributed by atoms with Crippen LogP contribution in [0.3, 0.4) is 0 Å². The summed E-state index contributed by atoms with van der Waals surface area (Å²) in [5.74, 6) is -0.0477. The first-order valence-corrected chi connectivity index (χ1v) is 7.59. The minimum absolute atomic E-state index is 0.0477. The van der Waals surface area contributed by atoms with Crippen molar-refractivity contribution in [1.82, 2.24) is 14.8 Å². The molecule has 0 aliphatic carbocycles. The van der Waals surface area contributed by atoms with Crippen LogP contribution in [0.1, 0.15) is 29.8 Å². The average molecular weight is 303 g/mol. The Hall–Kier alpha value is -2.20. The predicted octanol–water partition coefficient (Wildman–Crippen LogP) is 2.44.